The van der Waals surface area contributed by atoms with E-state index < -0.39 is 11.7 Å². The van der Waals surface area contributed by atoms with Crippen LogP contribution in [0.2, 0.25) is 0 Å². The fraction of sp³-hybridized carbons (Fsp3) is 0.750. The average Bonchev–Trinajstić information content (AvgIpc) is 2.74. The topological polar surface area (TPSA) is 24.8 Å². The number of unbranched alkanes of at least 4 members (excludes halogenated alkanes) is 9. The molecule has 0 bridgehead atoms. The molecule has 1 rings (SSSR count). The minimum Gasteiger partial charge on any atom is -0.493 e. The standard InChI is InChI=1S/C28H47F3N2O/c1-7-33(6)22-32-25-21-24(28(29,30)31)26(20-23(25)2)34-19-17-15-13-11-9-8-10-12-14-16-18-27(3,4)5/h20-22H,7-19H2,1-6H3. The normalized spacial score (nSPS) is 12.5. The molecule has 0 amide bonds. The van der Waals surface area contributed by atoms with Crippen molar-refractivity contribution in [2.75, 3.05) is 20.2 Å². The molecule has 0 fully saturated rings. The van der Waals surface area contributed by atoms with Crippen LogP contribution in [0.3, 0.4) is 0 Å². The van der Waals surface area contributed by atoms with E-state index in [1.165, 1.54) is 57.4 Å². The maximum Gasteiger partial charge on any atom is 0.420 e. The summed E-state index contributed by atoms with van der Waals surface area (Å²) in [6, 6.07) is 2.55. The molecule has 0 saturated carbocycles. The Morgan fingerprint density at radius 1 is 0.882 bits per heavy atom. The van der Waals surface area contributed by atoms with Crippen molar-refractivity contribution in [3.8, 4) is 5.75 Å². The highest BCUT2D eigenvalue weighted by atomic mass is 19.4. The Labute approximate surface area is 206 Å². The van der Waals surface area contributed by atoms with Crippen LogP contribution in [0.15, 0.2) is 17.1 Å². The van der Waals surface area contributed by atoms with Gasteiger partial charge in [0.25, 0.3) is 0 Å². The Bertz CT molecular complexity index is 724. The third kappa shape index (κ3) is 13.2. The second-order valence-corrected chi connectivity index (χ2v) is 10.6. The maximum absolute atomic E-state index is 13.6. The van der Waals surface area contributed by atoms with E-state index in [2.05, 4.69) is 25.8 Å². The van der Waals surface area contributed by atoms with Crippen molar-refractivity contribution in [3.05, 3.63) is 23.3 Å². The van der Waals surface area contributed by atoms with Crippen LogP contribution in [0.5, 0.6) is 5.75 Å². The second kappa shape index (κ2) is 15.3. The molecule has 0 N–H and O–H groups in total. The molecule has 0 unspecified atom stereocenters. The predicted molar refractivity (Wildman–Crippen MR) is 138 cm³/mol. The zero-order valence-corrected chi connectivity index (χ0v) is 22.4. The number of ether oxygens (including phenoxy) is 1. The minimum atomic E-state index is -4.48. The van der Waals surface area contributed by atoms with Crippen LogP contribution in [0.4, 0.5) is 18.9 Å². The molecule has 196 valence electrons. The lowest BCUT2D eigenvalue weighted by Gasteiger charge is -2.17. The van der Waals surface area contributed by atoms with Crippen LogP contribution < -0.4 is 4.74 Å². The number of aryl methyl sites for hydroxylation is 1. The number of benzene rings is 1. The summed E-state index contributed by atoms with van der Waals surface area (Å²) in [6.45, 7) is 11.6. The Hall–Kier alpha value is -1.72. The van der Waals surface area contributed by atoms with E-state index in [0.717, 1.165) is 31.9 Å². The molecule has 0 radical (unpaired) electrons. The largest absolute Gasteiger partial charge is 0.493 e. The quantitative estimate of drug-likeness (QED) is 0.133. The summed E-state index contributed by atoms with van der Waals surface area (Å²) in [5.74, 6) is -0.0979. The van der Waals surface area contributed by atoms with Gasteiger partial charge < -0.3 is 9.64 Å². The van der Waals surface area contributed by atoms with Gasteiger partial charge in [0.1, 0.15) is 5.75 Å². The van der Waals surface area contributed by atoms with Crippen molar-refractivity contribution >= 4 is 12.0 Å². The molecular weight excluding hydrogens is 437 g/mol. The third-order valence-corrected chi connectivity index (χ3v) is 6.07. The first kappa shape index (κ1) is 30.3. The first-order valence-electron chi connectivity index (χ1n) is 13.0. The first-order valence-corrected chi connectivity index (χ1v) is 13.0. The Morgan fingerprint density at radius 3 is 1.91 bits per heavy atom. The van der Waals surface area contributed by atoms with Crippen LogP contribution in [0.25, 0.3) is 0 Å². The molecule has 0 aliphatic rings. The van der Waals surface area contributed by atoms with Crippen molar-refractivity contribution in [3.63, 3.8) is 0 Å². The molecule has 0 saturated heterocycles. The number of halogens is 3. The number of rotatable bonds is 16. The Balaban J connectivity index is 2.33. The van der Waals surface area contributed by atoms with E-state index in [0.29, 0.717) is 23.3 Å². The van der Waals surface area contributed by atoms with Crippen molar-refractivity contribution in [1.29, 1.82) is 0 Å². The number of alkyl halides is 3. The van der Waals surface area contributed by atoms with Crippen molar-refractivity contribution in [2.45, 2.75) is 111 Å². The number of hydrogen-bond donors (Lipinski definition) is 0. The lowest BCUT2D eigenvalue weighted by atomic mass is 9.89. The summed E-state index contributed by atoms with van der Waals surface area (Å²) in [5, 5.41) is 0. The van der Waals surface area contributed by atoms with Crippen LogP contribution in [-0.2, 0) is 6.18 Å². The van der Waals surface area contributed by atoms with E-state index in [1.54, 1.807) is 13.3 Å². The van der Waals surface area contributed by atoms with Gasteiger partial charge in [0.2, 0.25) is 0 Å². The van der Waals surface area contributed by atoms with Gasteiger partial charge in [0.05, 0.1) is 24.2 Å². The van der Waals surface area contributed by atoms with Gasteiger partial charge >= 0.3 is 6.18 Å². The highest BCUT2D eigenvalue weighted by Gasteiger charge is 2.35. The smallest absolute Gasteiger partial charge is 0.420 e. The molecule has 0 heterocycles. The molecule has 0 aromatic heterocycles. The van der Waals surface area contributed by atoms with Gasteiger partial charge in [-0.25, -0.2) is 4.99 Å². The summed E-state index contributed by atoms with van der Waals surface area (Å²) in [5.41, 5.74) is 0.670. The molecule has 1 aromatic carbocycles. The van der Waals surface area contributed by atoms with Gasteiger partial charge in [-0.05, 0) is 49.8 Å². The van der Waals surface area contributed by atoms with Gasteiger partial charge in [-0.2, -0.15) is 13.2 Å². The second-order valence-electron chi connectivity index (χ2n) is 10.6. The predicted octanol–water partition coefficient (Wildman–Crippen LogP) is 9.34. The van der Waals surface area contributed by atoms with Crippen LogP contribution >= 0.6 is 0 Å². The van der Waals surface area contributed by atoms with Gasteiger partial charge in [0, 0.05) is 13.6 Å². The molecule has 1 aromatic rings. The minimum absolute atomic E-state index is 0.0979. The SMILES string of the molecule is CCN(C)C=Nc1cc(C(F)(F)F)c(OCCCCCCCCCCCCC(C)(C)C)cc1C. The number of aliphatic imine (C=N–C) groups is 1. The zero-order valence-electron chi connectivity index (χ0n) is 22.4. The average molecular weight is 485 g/mol. The van der Waals surface area contributed by atoms with E-state index in [-0.39, 0.29) is 5.75 Å². The molecule has 0 atom stereocenters. The Morgan fingerprint density at radius 2 is 1.41 bits per heavy atom. The fourth-order valence-corrected chi connectivity index (χ4v) is 3.75. The summed E-state index contributed by atoms with van der Waals surface area (Å²) in [6.07, 6.45) is 10.2. The monoisotopic (exact) mass is 484 g/mol. The van der Waals surface area contributed by atoms with Crippen molar-refractivity contribution in [2.24, 2.45) is 10.4 Å². The summed E-state index contributed by atoms with van der Waals surface area (Å²) >= 11 is 0. The van der Waals surface area contributed by atoms with Crippen molar-refractivity contribution < 1.29 is 17.9 Å². The van der Waals surface area contributed by atoms with E-state index in [4.69, 9.17) is 4.74 Å². The lowest BCUT2D eigenvalue weighted by Crippen LogP contribution is -2.14. The van der Waals surface area contributed by atoms with Crippen LogP contribution in [0, 0.1) is 12.3 Å². The third-order valence-electron chi connectivity index (χ3n) is 6.07. The Kier molecular flexibility index (Phi) is 13.6. The van der Waals surface area contributed by atoms with Gasteiger partial charge in [-0.1, -0.05) is 78.6 Å². The molecule has 0 aliphatic carbocycles. The molecule has 6 heteroatoms. The summed E-state index contributed by atoms with van der Waals surface area (Å²) < 4.78 is 46.3. The number of nitrogens with zero attached hydrogens (tertiary/aromatic N) is 2. The molecule has 0 spiro atoms. The van der Waals surface area contributed by atoms with E-state index in [9.17, 15) is 13.2 Å². The van der Waals surface area contributed by atoms with Gasteiger partial charge in [0.15, 0.2) is 0 Å². The maximum atomic E-state index is 13.6. The first-order chi connectivity index (χ1) is 15.9. The van der Waals surface area contributed by atoms with Crippen LogP contribution in [0.1, 0.15) is 109 Å². The molecular formula is C28H47F3N2O. The lowest BCUT2D eigenvalue weighted by molar-refractivity contribution is -0.138. The highest BCUT2D eigenvalue weighted by Crippen LogP contribution is 2.40. The van der Waals surface area contributed by atoms with Crippen molar-refractivity contribution in [1.82, 2.24) is 4.90 Å². The molecule has 34 heavy (non-hydrogen) atoms. The molecule has 0 aliphatic heterocycles. The van der Waals surface area contributed by atoms with Crippen LogP contribution in [-0.4, -0.2) is 31.4 Å². The summed E-state index contributed by atoms with van der Waals surface area (Å²) in [7, 11) is 1.83. The number of hydrogen-bond acceptors (Lipinski definition) is 2. The van der Waals surface area contributed by atoms with Gasteiger partial charge in [-0.3, -0.25) is 0 Å². The summed E-state index contributed by atoms with van der Waals surface area (Å²) in [4.78, 5) is 6.02. The van der Waals surface area contributed by atoms with Gasteiger partial charge in [-0.15, -0.1) is 0 Å². The molecule has 3 nitrogen and oxygen atoms in total. The fourth-order valence-electron chi connectivity index (χ4n) is 3.75. The zero-order chi connectivity index (χ0) is 25.6. The van der Waals surface area contributed by atoms with E-state index in [1.807, 2.05) is 18.9 Å². The highest BCUT2D eigenvalue weighted by molar-refractivity contribution is 5.65. The van der Waals surface area contributed by atoms with E-state index >= 15 is 0 Å².